The van der Waals surface area contributed by atoms with Crippen molar-refractivity contribution in [3.8, 4) is 0 Å². The lowest BCUT2D eigenvalue weighted by atomic mass is 10.1. The summed E-state index contributed by atoms with van der Waals surface area (Å²) in [6, 6.07) is 11.4. The summed E-state index contributed by atoms with van der Waals surface area (Å²) in [4.78, 5) is 14.2. The Bertz CT molecular complexity index is 913. The number of carbonyl (C=O) groups excluding carboxylic acids is 1. The van der Waals surface area contributed by atoms with Gasteiger partial charge in [0.2, 0.25) is 10.0 Å². The zero-order valence-corrected chi connectivity index (χ0v) is 17.3. The fourth-order valence-corrected chi connectivity index (χ4v) is 4.30. The quantitative estimate of drug-likeness (QED) is 0.752. The van der Waals surface area contributed by atoms with Gasteiger partial charge in [0, 0.05) is 25.8 Å². The minimum Gasteiger partial charge on any atom is -0.321 e. The van der Waals surface area contributed by atoms with Crippen molar-refractivity contribution >= 4 is 21.7 Å². The van der Waals surface area contributed by atoms with Gasteiger partial charge in [-0.05, 0) is 42.8 Å². The Labute approximate surface area is 166 Å². The summed E-state index contributed by atoms with van der Waals surface area (Å²) in [5.74, 6) is -0.339. The monoisotopic (exact) mass is 407 g/mol. The van der Waals surface area contributed by atoms with Gasteiger partial charge in [0.15, 0.2) is 0 Å². The van der Waals surface area contributed by atoms with Crippen LogP contribution in [0.15, 0.2) is 53.4 Å². The molecule has 0 radical (unpaired) electrons. The molecule has 0 aliphatic carbocycles. The van der Waals surface area contributed by atoms with Gasteiger partial charge in [-0.15, -0.1) is 0 Å². The van der Waals surface area contributed by atoms with Crippen molar-refractivity contribution in [1.29, 1.82) is 0 Å². The van der Waals surface area contributed by atoms with Crippen molar-refractivity contribution in [1.82, 2.24) is 9.21 Å². The third-order valence-electron chi connectivity index (χ3n) is 4.68. The predicted molar refractivity (Wildman–Crippen MR) is 108 cm³/mol. The van der Waals surface area contributed by atoms with E-state index < -0.39 is 16.1 Å². The van der Waals surface area contributed by atoms with E-state index in [0.29, 0.717) is 18.8 Å². The second-order valence-corrected chi connectivity index (χ2v) is 8.32. The number of benzene rings is 2. The van der Waals surface area contributed by atoms with Crippen LogP contribution >= 0.6 is 0 Å². The van der Waals surface area contributed by atoms with E-state index >= 15 is 0 Å². The Morgan fingerprint density at radius 1 is 1.11 bits per heavy atom. The first kappa shape index (κ1) is 21.8. The Kier molecular flexibility index (Phi) is 7.15. The summed E-state index contributed by atoms with van der Waals surface area (Å²) in [7, 11) is -1.99. The average Bonchev–Trinajstić information content (AvgIpc) is 2.68. The molecular weight excluding hydrogens is 381 g/mol. The molecule has 1 atom stereocenters. The molecule has 2 amide bonds. The number of nitrogens with zero attached hydrogens (tertiary/aromatic N) is 2. The average molecular weight is 408 g/mol. The van der Waals surface area contributed by atoms with Crippen LogP contribution in [0.25, 0.3) is 0 Å². The molecule has 0 saturated heterocycles. The maximum atomic E-state index is 13.1. The molecule has 152 valence electrons. The molecule has 0 saturated carbocycles. The number of urea groups is 1. The molecule has 0 fully saturated rings. The number of anilines is 1. The summed E-state index contributed by atoms with van der Waals surface area (Å²) in [6.07, 6.45) is 0. The normalized spacial score (nSPS) is 12.6. The maximum absolute atomic E-state index is 13.1. The van der Waals surface area contributed by atoms with Crippen LogP contribution in [0.2, 0.25) is 0 Å². The summed E-state index contributed by atoms with van der Waals surface area (Å²) in [5, 5.41) is 2.72. The van der Waals surface area contributed by atoms with E-state index in [2.05, 4.69) is 5.32 Å². The van der Waals surface area contributed by atoms with Crippen LogP contribution in [0.3, 0.4) is 0 Å². The fraction of sp³-hybridized carbons (Fsp3) is 0.350. The maximum Gasteiger partial charge on any atom is 0.322 e. The highest BCUT2D eigenvalue weighted by molar-refractivity contribution is 7.89. The number of carbonyl (C=O) groups is 1. The lowest BCUT2D eigenvalue weighted by Crippen LogP contribution is -2.34. The Hall–Kier alpha value is -2.45. The molecule has 0 aliphatic rings. The van der Waals surface area contributed by atoms with Crippen molar-refractivity contribution < 1.29 is 17.6 Å². The molecule has 0 spiro atoms. The third kappa shape index (κ3) is 4.88. The van der Waals surface area contributed by atoms with Crippen LogP contribution in [0.4, 0.5) is 14.9 Å². The van der Waals surface area contributed by atoms with E-state index in [1.165, 1.54) is 33.5 Å². The molecule has 8 heteroatoms. The highest BCUT2D eigenvalue weighted by atomic mass is 32.2. The molecule has 0 bridgehead atoms. The summed E-state index contributed by atoms with van der Waals surface area (Å²) < 4.78 is 39.8. The Morgan fingerprint density at radius 2 is 1.71 bits per heavy atom. The minimum absolute atomic E-state index is 0.128. The van der Waals surface area contributed by atoms with Gasteiger partial charge < -0.3 is 10.2 Å². The molecule has 2 aromatic carbocycles. The van der Waals surface area contributed by atoms with Gasteiger partial charge >= 0.3 is 6.03 Å². The number of halogens is 1. The smallest absolute Gasteiger partial charge is 0.321 e. The van der Waals surface area contributed by atoms with E-state index in [1.54, 1.807) is 45.2 Å². The zero-order chi connectivity index (χ0) is 20.9. The molecular formula is C20H26FN3O3S. The minimum atomic E-state index is -3.61. The van der Waals surface area contributed by atoms with E-state index in [-0.39, 0.29) is 16.8 Å². The number of hydrogen-bond donors (Lipinski definition) is 1. The molecule has 0 aliphatic heterocycles. The van der Waals surface area contributed by atoms with Crippen LogP contribution in [-0.4, -0.2) is 43.8 Å². The third-order valence-corrected chi connectivity index (χ3v) is 6.73. The number of nitrogens with one attached hydrogen (secondary N) is 1. The van der Waals surface area contributed by atoms with Gasteiger partial charge in [-0.25, -0.2) is 17.6 Å². The number of sulfonamides is 1. The molecule has 0 unspecified atom stereocenters. The van der Waals surface area contributed by atoms with Gasteiger partial charge in [-0.2, -0.15) is 4.31 Å². The Morgan fingerprint density at radius 3 is 2.29 bits per heavy atom. The van der Waals surface area contributed by atoms with E-state index in [9.17, 15) is 17.6 Å². The second-order valence-electron chi connectivity index (χ2n) is 6.39. The molecule has 0 aromatic heterocycles. The lowest BCUT2D eigenvalue weighted by molar-refractivity contribution is 0.208. The van der Waals surface area contributed by atoms with Crippen molar-refractivity contribution in [3.05, 3.63) is 59.9 Å². The second kappa shape index (κ2) is 9.16. The molecule has 2 rings (SSSR count). The van der Waals surface area contributed by atoms with Crippen LogP contribution < -0.4 is 5.32 Å². The van der Waals surface area contributed by atoms with Crippen LogP contribution in [-0.2, 0) is 10.0 Å². The first-order chi connectivity index (χ1) is 13.2. The van der Waals surface area contributed by atoms with Gasteiger partial charge in [-0.3, -0.25) is 0 Å². The summed E-state index contributed by atoms with van der Waals surface area (Å²) in [6.45, 7) is 6.12. The number of amides is 2. The first-order valence-corrected chi connectivity index (χ1v) is 10.5. The number of hydrogen-bond acceptors (Lipinski definition) is 3. The van der Waals surface area contributed by atoms with Gasteiger partial charge in [-0.1, -0.05) is 32.0 Å². The molecule has 28 heavy (non-hydrogen) atoms. The standard InChI is InChI=1S/C20H26FN3O3S/c1-5-24(6-2)28(26,27)19-9-7-8-18(14-19)22-20(25)23(4)15(3)16-10-12-17(21)13-11-16/h7-15H,5-6H2,1-4H3,(H,22,25)/t15-/m0/s1. The summed E-state index contributed by atoms with van der Waals surface area (Å²) >= 11 is 0. The molecule has 1 N–H and O–H groups in total. The number of rotatable bonds is 7. The SMILES string of the molecule is CCN(CC)S(=O)(=O)c1cccc(NC(=O)N(C)[C@@H](C)c2ccc(F)cc2)c1. The van der Waals surface area contributed by atoms with E-state index in [4.69, 9.17) is 0 Å². The van der Waals surface area contributed by atoms with Crippen molar-refractivity contribution in [2.45, 2.75) is 31.7 Å². The zero-order valence-electron chi connectivity index (χ0n) is 16.5. The fourth-order valence-electron chi connectivity index (χ4n) is 2.80. The van der Waals surface area contributed by atoms with Gasteiger partial charge in [0.25, 0.3) is 0 Å². The van der Waals surface area contributed by atoms with E-state index in [0.717, 1.165) is 5.56 Å². The topological polar surface area (TPSA) is 69.7 Å². The van der Waals surface area contributed by atoms with Crippen LogP contribution in [0, 0.1) is 5.82 Å². The highest BCUT2D eigenvalue weighted by Gasteiger charge is 2.22. The largest absolute Gasteiger partial charge is 0.322 e. The Balaban J connectivity index is 2.17. The summed E-state index contributed by atoms with van der Waals surface area (Å²) in [5.41, 5.74) is 1.17. The molecule has 0 heterocycles. The van der Waals surface area contributed by atoms with Crippen molar-refractivity contribution in [2.75, 3.05) is 25.5 Å². The molecule has 6 nitrogen and oxygen atoms in total. The van der Waals surface area contributed by atoms with Crippen molar-refractivity contribution in [3.63, 3.8) is 0 Å². The first-order valence-electron chi connectivity index (χ1n) is 9.10. The van der Waals surface area contributed by atoms with Crippen LogP contribution in [0.5, 0.6) is 0 Å². The highest BCUT2D eigenvalue weighted by Crippen LogP contribution is 2.22. The van der Waals surface area contributed by atoms with E-state index in [1.807, 2.05) is 6.92 Å². The lowest BCUT2D eigenvalue weighted by Gasteiger charge is -2.26. The molecule has 2 aromatic rings. The van der Waals surface area contributed by atoms with Gasteiger partial charge in [0.1, 0.15) is 5.82 Å². The van der Waals surface area contributed by atoms with Crippen molar-refractivity contribution in [2.24, 2.45) is 0 Å². The predicted octanol–water partition coefficient (Wildman–Crippen LogP) is 4.08. The van der Waals surface area contributed by atoms with Gasteiger partial charge in [0.05, 0.1) is 10.9 Å². The van der Waals surface area contributed by atoms with Crippen LogP contribution in [0.1, 0.15) is 32.4 Å².